The Kier molecular flexibility index (Phi) is 5.86. The Hall–Kier alpha value is -1.35. The molecule has 1 rings (SSSR count). The van der Waals surface area contributed by atoms with E-state index in [4.69, 9.17) is 4.42 Å². The monoisotopic (exact) mass is 250 g/mol. The zero-order valence-corrected chi connectivity index (χ0v) is 11.3. The van der Waals surface area contributed by atoms with Crippen LogP contribution in [0.1, 0.15) is 50.4 Å². The van der Waals surface area contributed by atoms with E-state index in [2.05, 4.69) is 0 Å². The highest BCUT2D eigenvalue weighted by Gasteiger charge is 2.15. The van der Waals surface area contributed by atoms with Gasteiger partial charge in [0.15, 0.2) is 5.78 Å². The van der Waals surface area contributed by atoms with Gasteiger partial charge in [0.2, 0.25) is 0 Å². The predicted molar refractivity (Wildman–Crippen MR) is 71.5 cm³/mol. The van der Waals surface area contributed by atoms with Gasteiger partial charge in [-0.15, -0.1) is 0 Å². The van der Waals surface area contributed by atoms with Gasteiger partial charge in [-0.25, -0.2) is 0 Å². The van der Waals surface area contributed by atoms with Crippen LogP contribution in [0.4, 0.5) is 0 Å². The third kappa shape index (κ3) is 4.88. The number of carbonyl (C=O) groups is 1. The van der Waals surface area contributed by atoms with E-state index in [1.54, 1.807) is 6.07 Å². The van der Waals surface area contributed by atoms with Crippen molar-refractivity contribution in [1.82, 2.24) is 0 Å². The summed E-state index contributed by atoms with van der Waals surface area (Å²) in [6.45, 7) is 6.01. The van der Waals surface area contributed by atoms with Gasteiger partial charge in [-0.05, 0) is 38.7 Å². The van der Waals surface area contributed by atoms with Gasteiger partial charge in [-0.2, -0.15) is 0 Å². The fourth-order valence-corrected chi connectivity index (χ4v) is 1.71. The molecular formula is C15H22O3. The molecule has 0 saturated heterocycles. The minimum atomic E-state index is -0.378. The van der Waals surface area contributed by atoms with E-state index >= 15 is 0 Å². The standard InChI is InChI=1S/C15H22O3/c1-11(2)4-6-14(16)12(3)5-7-15(17)13-8-9-18-10-13/h4,8-10,12,14,16H,5-7H2,1-3H3/t12-,14-/m1/s1. The van der Waals surface area contributed by atoms with Gasteiger partial charge in [0.1, 0.15) is 6.26 Å². The SMILES string of the molecule is CC(C)=CC[C@@H](O)[C@H](C)CCC(=O)c1ccoc1. The molecular weight excluding hydrogens is 228 g/mol. The first-order chi connectivity index (χ1) is 8.50. The predicted octanol–water partition coefficient (Wildman–Crippen LogP) is 3.60. The van der Waals surface area contributed by atoms with E-state index < -0.39 is 0 Å². The van der Waals surface area contributed by atoms with E-state index in [9.17, 15) is 9.90 Å². The molecule has 1 aromatic heterocycles. The number of ketones is 1. The smallest absolute Gasteiger partial charge is 0.166 e. The first kappa shape index (κ1) is 14.7. The second-order valence-corrected chi connectivity index (χ2v) is 5.04. The maximum Gasteiger partial charge on any atom is 0.166 e. The molecule has 100 valence electrons. The molecule has 0 aliphatic heterocycles. The van der Waals surface area contributed by atoms with Crippen LogP contribution in [-0.2, 0) is 0 Å². The number of hydrogen-bond donors (Lipinski definition) is 1. The third-order valence-electron chi connectivity index (χ3n) is 3.09. The summed E-state index contributed by atoms with van der Waals surface area (Å²) in [5, 5.41) is 9.94. The normalized spacial score (nSPS) is 14.0. The molecule has 0 spiro atoms. The van der Waals surface area contributed by atoms with Gasteiger partial charge in [0, 0.05) is 6.42 Å². The first-order valence-electron chi connectivity index (χ1n) is 6.37. The summed E-state index contributed by atoms with van der Waals surface area (Å²) in [4.78, 5) is 11.7. The highest BCUT2D eigenvalue weighted by Crippen LogP contribution is 2.17. The average Bonchev–Trinajstić information content (AvgIpc) is 2.86. The van der Waals surface area contributed by atoms with E-state index in [0.29, 0.717) is 24.8 Å². The van der Waals surface area contributed by atoms with Crippen LogP contribution in [-0.4, -0.2) is 17.0 Å². The molecule has 0 bridgehead atoms. The molecule has 0 amide bonds. The van der Waals surface area contributed by atoms with Crippen molar-refractivity contribution in [3.05, 3.63) is 35.8 Å². The van der Waals surface area contributed by atoms with Crippen molar-refractivity contribution in [2.24, 2.45) is 5.92 Å². The van der Waals surface area contributed by atoms with Crippen molar-refractivity contribution in [1.29, 1.82) is 0 Å². The molecule has 2 atom stereocenters. The largest absolute Gasteiger partial charge is 0.472 e. The topological polar surface area (TPSA) is 50.4 Å². The molecule has 1 aromatic rings. The fraction of sp³-hybridized carbons (Fsp3) is 0.533. The minimum absolute atomic E-state index is 0.0741. The lowest BCUT2D eigenvalue weighted by atomic mass is 9.94. The van der Waals surface area contributed by atoms with Crippen molar-refractivity contribution in [3.63, 3.8) is 0 Å². The highest BCUT2D eigenvalue weighted by atomic mass is 16.3. The number of allylic oxidation sites excluding steroid dienone is 1. The number of carbonyl (C=O) groups excluding carboxylic acids is 1. The maximum absolute atomic E-state index is 11.7. The van der Waals surface area contributed by atoms with Crippen LogP contribution in [0.15, 0.2) is 34.7 Å². The van der Waals surface area contributed by atoms with Gasteiger partial charge in [-0.1, -0.05) is 18.6 Å². The number of aliphatic hydroxyl groups excluding tert-OH is 1. The Bertz CT molecular complexity index is 386. The van der Waals surface area contributed by atoms with Crippen LogP contribution in [0.25, 0.3) is 0 Å². The van der Waals surface area contributed by atoms with Crippen molar-refractivity contribution < 1.29 is 14.3 Å². The van der Waals surface area contributed by atoms with Crippen LogP contribution in [0.2, 0.25) is 0 Å². The van der Waals surface area contributed by atoms with Crippen molar-refractivity contribution in [2.45, 2.75) is 46.1 Å². The van der Waals surface area contributed by atoms with Crippen LogP contribution in [0.3, 0.4) is 0 Å². The Labute approximate surface area is 109 Å². The molecule has 1 N–H and O–H groups in total. The second kappa shape index (κ2) is 7.17. The molecule has 0 aromatic carbocycles. The fourth-order valence-electron chi connectivity index (χ4n) is 1.71. The van der Waals surface area contributed by atoms with E-state index in [1.807, 2.05) is 26.8 Å². The average molecular weight is 250 g/mol. The Morgan fingerprint density at radius 2 is 2.22 bits per heavy atom. The summed E-state index contributed by atoms with van der Waals surface area (Å²) in [5.74, 6) is 0.196. The summed E-state index contributed by atoms with van der Waals surface area (Å²) in [6, 6.07) is 1.67. The summed E-state index contributed by atoms with van der Waals surface area (Å²) in [6.07, 6.45) is 6.42. The molecule has 0 aliphatic carbocycles. The molecule has 18 heavy (non-hydrogen) atoms. The molecule has 3 heteroatoms. The zero-order chi connectivity index (χ0) is 13.5. The molecule has 0 fully saturated rings. The number of aliphatic hydroxyl groups is 1. The van der Waals surface area contributed by atoms with E-state index in [1.165, 1.54) is 18.1 Å². The summed E-state index contributed by atoms with van der Waals surface area (Å²) in [7, 11) is 0. The molecule has 3 nitrogen and oxygen atoms in total. The van der Waals surface area contributed by atoms with Crippen LogP contribution < -0.4 is 0 Å². The molecule has 1 heterocycles. The van der Waals surface area contributed by atoms with Gasteiger partial charge >= 0.3 is 0 Å². The van der Waals surface area contributed by atoms with E-state index in [0.717, 1.165) is 0 Å². The Balaban J connectivity index is 2.34. The lowest BCUT2D eigenvalue weighted by Gasteiger charge is -2.17. The highest BCUT2D eigenvalue weighted by molar-refractivity contribution is 5.95. The summed E-state index contributed by atoms with van der Waals surface area (Å²) < 4.78 is 4.88. The maximum atomic E-state index is 11.7. The van der Waals surface area contributed by atoms with E-state index in [-0.39, 0.29) is 17.8 Å². The lowest BCUT2D eigenvalue weighted by Crippen LogP contribution is -2.18. The van der Waals surface area contributed by atoms with Crippen LogP contribution in [0, 0.1) is 5.92 Å². The van der Waals surface area contributed by atoms with Gasteiger partial charge in [-0.3, -0.25) is 4.79 Å². The van der Waals surface area contributed by atoms with Crippen LogP contribution >= 0.6 is 0 Å². The van der Waals surface area contributed by atoms with Gasteiger partial charge in [0.25, 0.3) is 0 Å². The molecule has 0 unspecified atom stereocenters. The quantitative estimate of drug-likeness (QED) is 0.594. The van der Waals surface area contributed by atoms with Crippen molar-refractivity contribution >= 4 is 5.78 Å². The first-order valence-corrected chi connectivity index (χ1v) is 6.37. The van der Waals surface area contributed by atoms with Gasteiger partial charge in [0.05, 0.1) is 17.9 Å². The summed E-state index contributed by atoms with van der Waals surface area (Å²) in [5.41, 5.74) is 1.82. The van der Waals surface area contributed by atoms with Crippen molar-refractivity contribution in [3.8, 4) is 0 Å². The minimum Gasteiger partial charge on any atom is -0.472 e. The molecule has 0 radical (unpaired) electrons. The number of furan rings is 1. The second-order valence-electron chi connectivity index (χ2n) is 5.04. The zero-order valence-electron chi connectivity index (χ0n) is 11.3. The number of Topliss-reactive ketones (excluding diaryl/α,β-unsaturated/α-hetero) is 1. The molecule has 0 aliphatic rings. The van der Waals surface area contributed by atoms with Crippen LogP contribution in [0.5, 0.6) is 0 Å². The Morgan fingerprint density at radius 3 is 2.78 bits per heavy atom. The lowest BCUT2D eigenvalue weighted by molar-refractivity contribution is 0.0917. The van der Waals surface area contributed by atoms with Crippen molar-refractivity contribution in [2.75, 3.05) is 0 Å². The number of rotatable bonds is 7. The Morgan fingerprint density at radius 1 is 1.50 bits per heavy atom. The number of hydrogen-bond acceptors (Lipinski definition) is 3. The molecule has 0 saturated carbocycles. The van der Waals surface area contributed by atoms with Gasteiger partial charge < -0.3 is 9.52 Å². The third-order valence-corrected chi connectivity index (χ3v) is 3.09. The summed E-state index contributed by atoms with van der Waals surface area (Å²) >= 11 is 0.